The van der Waals surface area contributed by atoms with Gasteiger partial charge in [-0.25, -0.2) is 4.79 Å². The molecule has 0 bridgehead atoms. The molecule has 2 unspecified atom stereocenters. The Kier molecular flexibility index (Phi) is 6.06. The lowest BCUT2D eigenvalue weighted by molar-refractivity contribution is -0.142. The van der Waals surface area contributed by atoms with Crippen molar-refractivity contribution in [1.29, 1.82) is 0 Å². The summed E-state index contributed by atoms with van der Waals surface area (Å²) in [5.41, 5.74) is 0.589. The summed E-state index contributed by atoms with van der Waals surface area (Å²) in [6.07, 6.45) is 2.36. The monoisotopic (exact) mass is 263 g/mol. The Morgan fingerprint density at radius 2 is 1.89 bits per heavy atom. The van der Waals surface area contributed by atoms with Gasteiger partial charge in [0.25, 0.3) is 0 Å². The third kappa shape index (κ3) is 5.12. The molecule has 104 valence electrons. The van der Waals surface area contributed by atoms with Crippen LogP contribution < -0.4 is 5.32 Å². The number of carbonyl (C=O) groups is 2. The number of carbonyl (C=O) groups excluding carboxylic acids is 1. The van der Waals surface area contributed by atoms with E-state index in [1.807, 2.05) is 13.0 Å². The molecule has 4 heteroatoms. The largest absolute Gasteiger partial charge is 0.479 e. The quantitative estimate of drug-likeness (QED) is 0.795. The summed E-state index contributed by atoms with van der Waals surface area (Å²) < 4.78 is 0. The van der Waals surface area contributed by atoms with Gasteiger partial charge in [0.05, 0.1) is 0 Å². The molecular weight excluding hydrogens is 242 g/mol. The average Bonchev–Trinajstić information content (AvgIpc) is 2.37. The van der Waals surface area contributed by atoms with E-state index in [-0.39, 0.29) is 11.8 Å². The van der Waals surface area contributed by atoms with Crippen LogP contribution in [0, 0.1) is 5.92 Å². The van der Waals surface area contributed by atoms with Crippen molar-refractivity contribution < 1.29 is 14.7 Å². The number of aliphatic carboxylic acids is 1. The van der Waals surface area contributed by atoms with Gasteiger partial charge in [0.15, 0.2) is 6.04 Å². The molecule has 0 spiro atoms. The first-order valence-electron chi connectivity index (χ1n) is 6.61. The molecule has 0 radical (unpaired) electrons. The van der Waals surface area contributed by atoms with Crippen LogP contribution in [0.5, 0.6) is 0 Å². The van der Waals surface area contributed by atoms with Crippen LogP contribution in [0.25, 0.3) is 0 Å². The Bertz CT molecular complexity index is 417. The lowest BCUT2D eigenvalue weighted by Crippen LogP contribution is -2.34. The number of nitrogens with one attached hydrogen (secondary N) is 1. The predicted octanol–water partition coefficient (Wildman–Crippen LogP) is 2.75. The van der Waals surface area contributed by atoms with Gasteiger partial charge in [-0.3, -0.25) is 4.79 Å². The fourth-order valence-corrected chi connectivity index (χ4v) is 2.06. The lowest BCUT2D eigenvalue weighted by atomic mass is 10.0. The zero-order valence-corrected chi connectivity index (χ0v) is 11.4. The Balaban J connectivity index is 2.65. The summed E-state index contributed by atoms with van der Waals surface area (Å²) in [6, 6.07) is 7.77. The van der Waals surface area contributed by atoms with Gasteiger partial charge in [0.1, 0.15) is 0 Å². The first kappa shape index (κ1) is 15.2. The van der Waals surface area contributed by atoms with E-state index in [9.17, 15) is 14.7 Å². The van der Waals surface area contributed by atoms with E-state index in [2.05, 4.69) is 12.2 Å². The Morgan fingerprint density at radius 1 is 1.26 bits per heavy atom. The average molecular weight is 263 g/mol. The fraction of sp³-hybridized carbons (Fsp3) is 0.467. The highest BCUT2D eigenvalue weighted by Crippen LogP contribution is 2.15. The summed E-state index contributed by atoms with van der Waals surface area (Å²) in [5, 5.41) is 11.8. The smallest absolute Gasteiger partial charge is 0.330 e. The van der Waals surface area contributed by atoms with Crippen LogP contribution in [0.1, 0.15) is 44.7 Å². The maximum absolute atomic E-state index is 11.8. The topological polar surface area (TPSA) is 66.4 Å². The molecule has 2 N–H and O–H groups in total. The molecule has 0 aliphatic rings. The molecule has 0 saturated carbocycles. The lowest BCUT2D eigenvalue weighted by Gasteiger charge is -2.16. The number of hydrogen-bond acceptors (Lipinski definition) is 2. The first-order valence-corrected chi connectivity index (χ1v) is 6.61. The summed E-state index contributed by atoms with van der Waals surface area (Å²) >= 11 is 0. The predicted molar refractivity (Wildman–Crippen MR) is 73.7 cm³/mol. The van der Waals surface area contributed by atoms with Crippen molar-refractivity contribution in [2.45, 2.75) is 39.2 Å². The second kappa shape index (κ2) is 7.56. The van der Waals surface area contributed by atoms with Crippen molar-refractivity contribution in [2.75, 3.05) is 0 Å². The molecule has 19 heavy (non-hydrogen) atoms. The molecule has 1 rings (SSSR count). The minimum absolute atomic E-state index is 0.211. The van der Waals surface area contributed by atoms with Crippen LogP contribution in [-0.2, 0) is 9.59 Å². The first-order chi connectivity index (χ1) is 9.04. The molecule has 0 saturated heterocycles. The number of hydrogen-bond donors (Lipinski definition) is 2. The molecule has 4 nitrogen and oxygen atoms in total. The molecule has 1 amide bonds. The van der Waals surface area contributed by atoms with Crippen molar-refractivity contribution in [3.8, 4) is 0 Å². The number of amides is 1. The van der Waals surface area contributed by atoms with Crippen LogP contribution in [-0.4, -0.2) is 17.0 Å². The van der Waals surface area contributed by atoms with Crippen LogP contribution in [0.4, 0.5) is 0 Å². The Morgan fingerprint density at radius 3 is 2.42 bits per heavy atom. The summed E-state index contributed by atoms with van der Waals surface area (Å²) in [5.74, 6) is -0.977. The second-order valence-corrected chi connectivity index (χ2v) is 4.85. The van der Waals surface area contributed by atoms with E-state index >= 15 is 0 Å². The number of carboxylic acids is 1. The zero-order valence-electron chi connectivity index (χ0n) is 11.4. The van der Waals surface area contributed by atoms with E-state index in [0.29, 0.717) is 12.0 Å². The number of benzene rings is 1. The van der Waals surface area contributed by atoms with Crippen LogP contribution >= 0.6 is 0 Å². The van der Waals surface area contributed by atoms with Crippen molar-refractivity contribution in [3.63, 3.8) is 0 Å². The van der Waals surface area contributed by atoms with Crippen molar-refractivity contribution in [2.24, 2.45) is 5.92 Å². The van der Waals surface area contributed by atoms with Gasteiger partial charge in [0.2, 0.25) is 5.91 Å². The summed E-state index contributed by atoms with van der Waals surface area (Å²) in [4.78, 5) is 23.1. The molecule has 1 aromatic carbocycles. The van der Waals surface area contributed by atoms with Crippen LogP contribution in [0.3, 0.4) is 0 Å². The highest BCUT2D eigenvalue weighted by Gasteiger charge is 2.22. The molecular formula is C15H21NO3. The van der Waals surface area contributed by atoms with Gasteiger partial charge < -0.3 is 10.4 Å². The van der Waals surface area contributed by atoms with Gasteiger partial charge in [-0.1, -0.05) is 57.0 Å². The maximum atomic E-state index is 11.8. The van der Waals surface area contributed by atoms with E-state index < -0.39 is 12.0 Å². The van der Waals surface area contributed by atoms with Gasteiger partial charge >= 0.3 is 5.97 Å². The second-order valence-electron chi connectivity index (χ2n) is 4.85. The van der Waals surface area contributed by atoms with Gasteiger partial charge in [-0.15, -0.1) is 0 Å². The van der Waals surface area contributed by atoms with Gasteiger partial charge in [-0.05, 0) is 11.5 Å². The molecule has 0 aliphatic heterocycles. The summed E-state index contributed by atoms with van der Waals surface area (Å²) in [6.45, 7) is 4.07. The number of rotatable bonds is 7. The minimum atomic E-state index is -1.04. The highest BCUT2D eigenvalue weighted by atomic mass is 16.4. The fourth-order valence-electron chi connectivity index (χ4n) is 2.06. The van der Waals surface area contributed by atoms with Gasteiger partial charge in [-0.2, -0.15) is 0 Å². The molecule has 2 atom stereocenters. The van der Waals surface area contributed by atoms with E-state index in [0.717, 1.165) is 12.8 Å². The van der Waals surface area contributed by atoms with Crippen molar-refractivity contribution in [1.82, 2.24) is 5.32 Å². The molecule has 1 aromatic rings. The van der Waals surface area contributed by atoms with E-state index in [1.165, 1.54) is 0 Å². The zero-order chi connectivity index (χ0) is 14.3. The normalized spacial score (nSPS) is 13.6. The van der Waals surface area contributed by atoms with E-state index in [1.54, 1.807) is 24.3 Å². The third-order valence-corrected chi connectivity index (χ3v) is 3.00. The van der Waals surface area contributed by atoms with Crippen LogP contribution in [0.2, 0.25) is 0 Å². The standard InChI is InChI=1S/C15H21NO3/c1-3-7-11(2)10-13(17)16-14(15(18)19)12-8-5-4-6-9-12/h4-6,8-9,11,14H,3,7,10H2,1-2H3,(H,16,17)(H,18,19). The molecule has 0 aromatic heterocycles. The molecule has 0 fully saturated rings. The van der Waals surface area contributed by atoms with Crippen molar-refractivity contribution in [3.05, 3.63) is 35.9 Å². The molecule has 0 heterocycles. The molecule has 0 aliphatic carbocycles. The third-order valence-electron chi connectivity index (χ3n) is 3.00. The van der Waals surface area contributed by atoms with Crippen LogP contribution in [0.15, 0.2) is 30.3 Å². The Labute approximate surface area is 113 Å². The van der Waals surface area contributed by atoms with E-state index in [4.69, 9.17) is 0 Å². The van der Waals surface area contributed by atoms with Gasteiger partial charge in [0, 0.05) is 6.42 Å². The summed E-state index contributed by atoms with van der Waals surface area (Å²) in [7, 11) is 0. The Hall–Kier alpha value is -1.84. The SMILES string of the molecule is CCCC(C)CC(=O)NC(C(=O)O)c1ccccc1. The maximum Gasteiger partial charge on any atom is 0.330 e. The highest BCUT2D eigenvalue weighted by molar-refractivity contribution is 5.84. The van der Waals surface area contributed by atoms with Crippen molar-refractivity contribution >= 4 is 11.9 Å². The minimum Gasteiger partial charge on any atom is -0.479 e. The number of carboxylic acid groups (broad SMARTS) is 1.